The molecule has 0 unspecified atom stereocenters. The predicted octanol–water partition coefficient (Wildman–Crippen LogP) is 4.89. The molecule has 0 aliphatic heterocycles. The van der Waals surface area contributed by atoms with Crippen LogP contribution < -0.4 is 20.7 Å². The molecule has 8 nitrogen and oxygen atoms in total. The van der Waals surface area contributed by atoms with Gasteiger partial charge in [0, 0.05) is 5.02 Å². The Balaban J connectivity index is 1.32. The zero-order chi connectivity index (χ0) is 24.3. The molecule has 0 spiro atoms. The SMILES string of the molecule is O=C(NC1(C(=O)NCc2ccc(Nc3ccc(Cl)cc3C(F)(F)F)cn2)CC1)Oc1cnsc1. The maximum atomic E-state index is 13.3. The highest BCUT2D eigenvalue weighted by Crippen LogP contribution is 2.38. The molecular weight excluding hydrogens is 495 g/mol. The van der Waals surface area contributed by atoms with E-state index in [0.29, 0.717) is 24.2 Å². The third-order valence-corrected chi connectivity index (χ3v) is 5.77. The van der Waals surface area contributed by atoms with Crippen molar-refractivity contribution >= 4 is 46.5 Å². The van der Waals surface area contributed by atoms with E-state index in [0.717, 1.165) is 17.6 Å². The standard InChI is InChI=1S/C21H17ClF3N5O3S/c22-12-1-4-17(16(7-12)21(23,24)25)29-14-3-2-13(26-9-14)8-27-18(31)20(5-6-20)30-19(32)33-15-10-28-34-11-15/h1-4,7,9-11,29H,5-6,8H2,(H,27,31)(H,30,32). The number of alkyl halides is 3. The topological polar surface area (TPSA) is 105 Å². The first-order valence-corrected chi connectivity index (χ1v) is 11.1. The minimum atomic E-state index is -4.58. The summed E-state index contributed by atoms with van der Waals surface area (Å²) in [4.78, 5) is 28.7. The van der Waals surface area contributed by atoms with Crippen molar-refractivity contribution in [3.8, 4) is 5.75 Å². The van der Waals surface area contributed by atoms with Crippen LogP contribution in [-0.2, 0) is 17.5 Å². The van der Waals surface area contributed by atoms with Gasteiger partial charge in [0.15, 0.2) is 5.75 Å². The minimum absolute atomic E-state index is 0.0262. The van der Waals surface area contributed by atoms with Crippen molar-refractivity contribution in [2.75, 3.05) is 5.32 Å². The number of carbonyl (C=O) groups excluding carboxylic acids is 2. The second-order valence-electron chi connectivity index (χ2n) is 7.49. The van der Waals surface area contributed by atoms with Crippen LogP contribution >= 0.6 is 23.1 Å². The Morgan fingerprint density at radius 3 is 2.59 bits per heavy atom. The van der Waals surface area contributed by atoms with Crippen LogP contribution in [0.5, 0.6) is 5.75 Å². The first kappa shape index (κ1) is 23.8. The molecule has 1 saturated carbocycles. The maximum Gasteiger partial charge on any atom is 0.418 e. The van der Waals surface area contributed by atoms with Crippen molar-refractivity contribution in [3.05, 3.63) is 64.4 Å². The van der Waals surface area contributed by atoms with Gasteiger partial charge in [0.25, 0.3) is 0 Å². The molecule has 4 rings (SSSR count). The van der Waals surface area contributed by atoms with Gasteiger partial charge in [-0.15, -0.1) is 0 Å². The van der Waals surface area contributed by atoms with E-state index in [9.17, 15) is 22.8 Å². The highest BCUT2D eigenvalue weighted by molar-refractivity contribution is 7.03. The van der Waals surface area contributed by atoms with E-state index < -0.39 is 23.4 Å². The normalized spacial score (nSPS) is 14.2. The monoisotopic (exact) mass is 511 g/mol. The van der Waals surface area contributed by atoms with Gasteiger partial charge in [0.05, 0.1) is 47.0 Å². The highest BCUT2D eigenvalue weighted by atomic mass is 35.5. The lowest BCUT2D eigenvalue weighted by Crippen LogP contribution is -2.49. The van der Waals surface area contributed by atoms with Crippen LogP contribution in [0.2, 0.25) is 5.02 Å². The van der Waals surface area contributed by atoms with E-state index in [-0.39, 0.29) is 28.9 Å². The first-order chi connectivity index (χ1) is 16.1. The number of hydrogen-bond acceptors (Lipinski definition) is 7. The van der Waals surface area contributed by atoms with E-state index in [1.807, 2.05) is 0 Å². The summed E-state index contributed by atoms with van der Waals surface area (Å²) in [6.07, 6.45) is -1.64. The molecule has 0 radical (unpaired) electrons. The number of nitrogens with zero attached hydrogens (tertiary/aromatic N) is 2. The molecule has 13 heteroatoms. The molecule has 0 atom stereocenters. The Labute approximate surface area is 200 Å². The van der Waals surface area contributed by atoms with Crippen LogP contribution in [0, 0.1) is 0 Å². The van der Waals surface area contributed by atoms with E-state index in [1.165, 1.54) is 24.5 Å². The lowest BCUT2D eigenvalue weighted by molar-refractivity contribution is -0.137. The molecule has 1 fully saturated rings. The fourth-order valence-corrected chi connectivity index (χ4v) is 3.68. The summed E-state index contributed by atoms with van der Waals surface area (Å²) >= 11 is 6.83. The van der Waals surface area contributed by atoms with Crippen molar-refractivity contribution in [1.29, 1.82) is 0 Å². The summed E-state index contributed by atoms with van der Waals surface area (Å²) in [5, 5.41) is 9.48. The molecule has 2 amide bonds. The second-order valence-corrected chi connectivity index (χ2v) is 8.58. The number of hydrogen-bond donors (Lipinski definition) is 3. The maximum absolute atomic E-state index is 13.3. The summed E-state index contributed by atoms with van der Waals surface area (Å²) < 4.78 is 48.7. The number of rotatable bonds is 7. The average molecular weight is 512 g/mol. The number of amides is 2. The molecule has 2 heterocycles. The van der Waals surface area contributed by atoms with E-state index >= 15 is 0 Å². The Morgan fingerprint density at radius 1 is 1.18 bits per heavy atom. The molecule has 0 saturated heterocycles. The number of pyridine rings is 1. The largest absolute Gasteiger partial charge is 0.418 e. The van der Waals surface area contributed by atoms with Crippen LogP contribution in [0.1, 0.15) is 24.1 Å². The smallest absolute Gasteiger partial charge is 0.408 e. The quantitative estimate of drug-likeness (QED) is 0.417. The lowest BCUT2D eigenvalue weighted by atomic mass is 10.1. The Bertz CT molecular complexity index is 1190. The van der Waals surface area contributed by atoms with Crippen LogP contribution in [0.4, 0.5) is 29.3 Å². The average Bonchev–Trinajstić information content (AvgIpc) is 3.38. The van der Waals surface area contributed by atoms with Crippen molar-refractivity contribution < 1.29 is 27.5 Å². The van der Waals surface area contributed by atoms with Crippen LogP contribution in [0.25, 0.3) is 0 Å². The second kappa shape index (κ2) is 9.47. The van der Waals surface area contributed by atoms with E-state index in [1.54, 1.807) is 17.5 Å². The molecule has 1 aliphatic carbocycles. The van der Waals surface area contributed by atoms with Gasteiger partial charge in [-0.3, -0.25) is 9.78 Å². The van der Waals surface area contributed by atoms with Gasteiger partial charge in [-0.05, 0) is 54.7 Å². The highest BCUT2D eigenvalue weighted by Gasteiger charge is 2.51. The van der Waals surface area contributed by atoms with Gasteiger partial charge < -0.3 is 20.7 Å². The van der Waals surface area contributed by atoms with Gasteiger partial charge in [-0.2, -0.15) is 17.5 Å². The summed E-state index contributed by atoms with van der Waals surface area (Å²) in [6, 6.07) is 6.54. The van der Waals surface area contributed by atoms with E-state index in [2.05, 4.69) is 25.3 Å². The van der Waals surface area contributed by atoms with Gasteiger partial charge in [-0.1, -0.05) is 11.6 Å². The van der Waals surface area contributed by atoms with Crippen molar-refractivity contribution in [3.63, 3.8) is 0 Å². The van der Waals surface area contributed by atoms with Gasteiger partial charge in [0.2, 0.25) is 5.91 Å². The zero-order valence-electron chi connectivity index (χ0n) is 17.3. The molecule has 2 aromatic heterocycles. The summed E-state index contributed by atoms with van der Waals surface area (Å²) in [5.41, 5.74) is -1.29. The van der Waals surface area contributed by atoms with Gasteiger partial charge in [-0.25, -0.2) is 4.79 Å². The number of carbonyl (C=O) groups is 2. The first-order valence-electron chi connectivity index (χ1n) is 9.91. The molecule has 1 aromatic carbocycles. The van der Waals surface area contributed by atoms with Crippen LogP contribution in [-0.4, -0.2) is 26.9 Å². The number of benzene rings is 1. The molecule has 0 bridgehead atoms. The fraction of sp³-hybridized carbons (Fsp3) is 0.238. The fourth-order valence-electron chi connectivity index (χ4n) is 3.07. The Morgan fingerprint density at radius 2 is 1.97 bits per heavy atom. The van der Waals surface area contributed by atoms with Crippen molar-refractivity contribution in [2.24, 2.45) is 0 Å². The van der Waals surface area contributed by atoms with Gasteiger partial charge >= 0.3 is 12.3 Å². The number of aromatic nitrogens is 2. The molecular formula is C21H17ClF3N5O3S. The summed E-state index contributed by atoms with van der Waals surface area (Å²) in [6.45, 7) is 0.0702. The number of ether oxygens (including phenoxy) is 1. The molecule has 178 valence electrons. The van der Waals surface area contributed by atoms with Crippen molar-refractivity contribution in [2.45, 2.75) is 31.1 Å². The number of anilines is 2. The third kappa shape index (κ3) is 5.75. The zero-order valence-corrected chi connectivity index (χ0v) is 18.9. The molecule has 3 aromatic rings. The third-order valence-electron chi connectivity index (χ3n) is 4.97. The van der Waals surface area contributed by atoms with Gasteiger partial charge in [0.1, 0.15) is 5.54 Å². The predicted molar refractivity (Wildman–Crippen MR) is 119 cm³/mol. The summed E-state index contributed by atoms with van der Waals surface area (Å²) in [7, 11) is 0. The van der Waals surface area contributed by atoms with Crippen LogP contribution in [0.3, 0.4) is 0 Å². The van der Waals surface area contributed by atoms with E-state index in [4.69, 9.17) is 16.3 Å². The number of nitrogens with one attached hydrogen (secondary N) is 3. The molecule has 3 N–H and O–H groups in total. The lowest BCUT2D eigenvalue weighted by Gasteiger charge is -2.17. The molecule has 34 heavy (non-hydrogen) atoms. The number of halogens is 4. The molecule has 1 aliphatic rings. The van der Waals surface area contributed by atoms with Crippen LogP contribution in [0.15, 0.2) is 48.1 Å². The Kier molecular flexibility index (Phi) is 6.62. The minimum Gasteiger partial charge on any atom is -0.408 e. The Hall–Kier alpha value is -3.38. The van der Waals surface area contributed by atoms with Crippen molar-refractivity contribution in [1.82, 2.24) is 20.0 Å². The summed E-state index contributed by atoms with van der Waals surface area (Å²) in [5.74, 6) is -0.0922.